The molecule has 5 nitrogen and oxygen atoms in total. The largest absolute Gasteiger partial charge is 0.478 e. The van der Waals surface area contributed by atoms with E-state index in [1.54, 1.807) is 33.2 Å². The van der Waals surface area contributed by atoms with Gasteiger partial charge >= 0.3 is 5.97 Å². The SMILES string of the molecule is Cc1ccc(S(=O)CCCC(=O)N(C)C)cc1C(=O)O. The van der Waals surface area contributed by atoms with Gasteiger partial charge in [-0.05, 0) is 31.0 Å². The van der Waals surface area contributed by atoms with Crippen LogP contribution in [0.5, 0.6) is 0 Å². The van der Waals surface area contributed by atoms with E-state index in [4.69, 9.17) is 5.11 Å². The Bertz CT molecular complexity index is 540. The lowest BCUT2D eigenvalue weighted by Gasteiger charge is -2.10. The number of aryl methyl sites for hydroxylation is 1. The van der Waals surface area contributed by atoms with Crippen LogP contribution in [0, 0.1) is 6.92 Å². The van der Waals surface area contributed by atoms with Crippen LogP contribution in [-0.2, 0) is 15.6 Å². The third-order valence-electron chi connectivity index (χ3n) is 2.92. The first kappa shape index (κ1) is 16.4. The molecule has 0 radical (unpaired) electrons. The van der Waals surface area contributed by atoms with Crippen molar-refractivity contribution in [1.82, 2.24) is 4.90 Å². The average molecular weight is 297 g/mol. The molecule has 0 aliphatic heterocycles. The van der Waals surface area contributed by atoms with Gasteiger partial charge in [0.1, 0.15) is 0 Å². The second-order valence-electron chi connectivity index (χ2n) is 4.72. The molecule has 0 bridgehead atoms. The van der Waals surface area contributed by atoms with Crippen molar-refractivity contribution in [3.05, 3.63) is 29.3 Å². The Kier molecular flexibility index (Phi) is 5.88. The van der Waals surface area contributed by atoms with Gasteiger partial charge in [-0.3, -0.25) is 9.00 Å². The molecule has 0 saturated carbocycles. The van der Waals surface area contributed by atoms with E-state index in [9.17, 15) is 13.8 Å². The van der Waals surface area contributed by atoms with Crippen molar-refractivity contribution in [2.45, 2.75) is 24.7 Å². The number of rotatable bonds is 6. The van der Waals surface area contributed by atoms with E-state index < -0.39 is 16.8 Å². The van der Waals surface area contributed by atoms with Crippen molar-refractivity contribution >= 4 is 22.7 Å². The Labute approximate surface area is 121 Å². The highest BCUT2D eigenvalue weighted by Crippen LogP contribution is 2.15. The molecule has 1 N–H and O–H groups in total. The quantitative estimate of drug-likeness (QED) is 0.866. The fraction of sp³-hybridized carbons (Fsp3) is 0.429. The molecule has 0 fully saturated rings. The minimum atomic E-state index is -1.28. The maximum absolute atomic E-state index is 12.1. The van der Waals surface area contributed by atoms with Gasteiger partial charge in [0.15, 0.2) is 0 Å². The Morgan fingerprint density at radius 1 is 1.30 bits per heavy atom. The number of carbonyl (C=O) groups excluding carboxylic acids is 1. The summed E-state index contributed by atoms with van der Waals surface area (Å²) in [6.07, 6.45) is 0.857. The molecule has 0 heterocycles. The molecule has 0 aliphatic rings. The molecule has 6 heteroatoms. The first-order chi connectivity index (χ1) is 9.32. The molecule has 0 aromatic heterocycles. The lowest BCUT2D eigenvalue weighted by molar-refractivity contribution is -0.128. The zero-order valence-corrected chi connectivity index (χ0v) is 12.7. The lowest BCUT2D eigenvalue weighted by Crippen LogP contribution is -2.21. The number of carbonyl (C=O) groups is 2. The topological polar surface area (TPSA) is 74.7 Å². The predicted octanol–water partition coefficient (Wildman–Crippen LogP) is 1.67. The minimum absolute atomic E-state index is 0.00266. The van der Waals surface area contributed by atoms with Crippen LogP contribution >= 0.6 is 0 Å². The summed E-state index contributed by atoms with van der Waals surface area (Å²) < 4.78 is 12.1. The van der Waals surface area contributed by atoms with Crippen LogP contribution in [0.15, 0.2) is 23.1 Å². The number of hydrogen-bond donors (Lipinski definition) is 1. The summed E-state index contributed by atoms with van der Waals surface area (Å²) in [7, 11) is 2.08. The standard InChI is InChI=1S/C14H19NO4S/c1-10-6-7-11(9-12(10)14(17)18)20(19)8-4-5-13(16)15(2)3/h6-7,9H,4-5,8H2,1-3H3,(H,17,18). The smallest absolute Gasteiger partial charge is 0.335 e. The van der Waals surface area contributed by atoms with Crippen LogP contribution < -0.4 is 0 Å². The monoisotopic (exact) mass is 297 g/mol. The summed E-state index contributed by atoms with van der Waals surface area (Å²) >= 11 is 0. The molecule has 20 heavy (non-hydrogen) atoms. The van der Waals surface area contributed by atoms with Crippen LogP contribution in [0.25, 0.3) is 0 Å². The summed E-state index contributed by atoms with van der Waals surface area (Å²) in [4.78, 5) is 24.4. The Morgan fingerprint density at radius 3 is 2.50 bits per heavy atom. The first-order valence-electron chi connectivity index (χ1n) is 6.25. The van der Waals surface area contributed by atoms with E-state index in [2.05, 4.69) is 0 Å². The highest BCUT2D eigenvalue weighted by atomic mass is 32.2. The van der Waals surface area contributed by atoms with Crippen molar-refractivity contribution in [3.63, 3.8) is 0 Å². The van der Waals surface area contributed by atoms with Crippen LogP contribution in [0.2, 0.25) is 0 Å². The fourth-order valence-corrected chi connectivity index (χ4v) is 2.78. The van der Waals surface area contributed by atoms with Gasteiger partial charge in [0.2, 0.25) is 5.91 Å². The Morgan fingerprint density at radius 2 is 1.95 bits per heavy atom. The van der Waals surface area contributed by atoms with E-state index in [0.29, 0.717) is 29.1 Å². The predicted molar refractivity (Wildman–Crippen MR) is 77.3 cm³/mol. The van der Waals surface area contributed by atoms with E-state index in [1.165, 1.54) is 11.0 Å². The molecular formula is C14H19NO4S. The van der Waals surface area contributed by atoms with Crippen molar-refractivity contribution in [2.24, 2.45) is 0 Å². The number of carboxylic acids is 1. The number of aromatic carboxylic acids is 1. The van der Waals surface area contributed by atoms with E-state index in [1.807, 2.05) is 0 Å². The third kappa shape index (κ3) is 4.45. The van der Waals surface area contributed by atoms with Gasteiger partial charge < -0.3 is 10.0 Å². The van der Waals surface area contributed by atoms with Crippen LogP contribution in [0.3, 0.4) is 0 Å². The van der Waals surface area contributed by atoms with Gasteiger partial charge in [-0.25, -0.2) is 4.79 Å². The molecule has 0 spiro atoms. The Hall–Kier alpha value is -1.69. The second-order valence-corrected chi connectivity index (χ2v) is 6.29. The summed E-state index contributed by atoms with van der Waals surface area (Å²) in [6, 6.07) is 4.77. The van der Waals surface area contributed by atoms with Gasteiger partial charge in [-0.2, -0.15) is 0 Å². The van der Waals surface area contributed by atoms with Gasteiger partial charge in [0, 0.05) is 31.2 Å². The molecule has 1 amide bonds. The average Bonchev–Trinajstić information content (AvgIpc) is 2.38. The maximum Gasteiger partial charge on any atom is 0.335 e. The number of hydrogen-bond acceptors (Lipinski definition) is 3. The number of amides is 1. The molecule has 1 aromatic rings. The minimum Gasteiger partial charge on any atom is -0.478 e. The highest BCUT2D eigenvalue weighted by molar-refractivity contribution is 7.85. The number of benzene rings is 1. The zero-order chi connectivity index (χ0) is 15.3. The lowest BCUT2D eigenvalue weighted by atomic mass is 10.1. The van der Waals surface area contributed by atoms with Crippen molar-refractivity contribution in [3.8, 4) is 0 Å². The molecule has 1 unspecified atom stereocenters. The summed E-state index contributed by atoms with van der Waals surface area (Å²) in [5, 5.41) is 9.03. The molecule has 1 atom stereocenters. The molecule has 1 rings (SSSR count). The van der Waals surface area contributed by atoms with E-state index >= 15 is 0 Å². The number of carboxylic acid groups (broad SMARTS) is 1. The fourth-order valence-electron chi connectivity index (χ4n) is 1.67. The van der Waals surface area contributed by atoms with Gasteiger partial charge in [0.25, 0.3) is 0 Å². The third-order valence-corrected chi connectivity index (χ3v) is 4.36. The zero-order valence-electron chi connectivity index (χ0n) is 11.9. The van der Waals surface area contributed by atoms with Crippen LogP contribution in [-0.4, -0.2) is 45.9 Å². The Balaban J connectivity index is 2.67. The van der Waals surface area contributed by atoms with Crippen molar-refractivity contribution in [2.75, 3.05) is 19.8 Å². The normalized spacial score (nSPS) is 11.9. The van der Waals surface area contributed by atoms with E-state index in [0.717, 1.165) is 0 Å². The van der Waals surface area contributed by atoms with E-state index in [-0.39, 0.29) is 11.5 Å². The molecule has 1 aromatic carbocycles. The summed E-state index contributed by atoms with van der Waals surface area (Å²) in [5.74, 6) is -0.678. The van der Waals surface area contributed by atoms with Crippen LogP contribution in [0.1, 0.15) is 28.8 Å². The molecule has 110 valence electrons. The van der Waals surface area contributed by atoms with Crippen LogP contribution in [0.4, 0.5) is 0 Å². The van der Waals surface area contributed by atoms with Gasteiger partial charge in [0.05, 0.1) is 16.4 Å². The summed E-state index contributed by atoms with van der Waals surface area (Å²) in [5.41, 5.74) is 0.807. The summed E-state index contributed by atoms with van der Waals surface area (Å²) in [6.45, 7) is 1.70. The number of nitrogens with zero attached hydrogens (tertiary/aromatic N) is 1. The first-order valence-corrected chi connectivity index (χ1v) is 7.57. The molecular weight excluding hydrogens is 278 g/mol. The van der Waals surface area contributed by atoms with Gasteiger partial charge in [-0.15, -0.1) is 0 Å². The molecule has 0 aliphatic carbocycles. The van der Waals surface area contributed by atoms with Crippen molar-refractivity contribution < 1.29 is 18.9 Å². The molecule has 0 saturated heterocycles. The van der Waals surface area contributed by atoms with Crippen molar-refractivity contribution in [1.29, 1.82) is 0 Å². The highest BCUT2D eigenvalue weighted by Gasteiger charge is 2.12. The maximum atomic E-state index is 12.1. The van der Waals surface area contributed by atoms with Gasteiger partial charge in [-0.1, -0.05) is 6.07 Å². The second kappa shape index (κ2) is 7.19.